The van der Waals surface area contributed by atoms with E-state index in [0.717, 1.165) is 36.5 Å². The molecule has 0 atom stereocenters. The van der Waals surface area contributed by atoms with Crippen molar-refractivity contribution in [3.8, 4) is 5.75 Å². The van der Waals surface area contributed by atoms with Crippen LogP contribution in [0.2, 0.25) is 0 Å². The topological polar surface area (TPSA) is 64.1 Å². The second kappa shape index (κ2) is 8.22. The molecule has 0 spiro atoms. The van der Waals surface area contributed by atoms with Crippen molar-refractivity contribution in [2.75, 3.05) is 44.2 Å². The van der Waals surface area contributed by atoms with Gasteiger partial charge in [0.25, 0.3) is 5.91 Å². The molecule has 148 valence electrons. The van der Waals surface area contributed by atoms with Gasteiger partial charge in [0.15, 0.2) is 0 Å². The van der Waals surface area contributed by atoms with Gasteiger partial charge >= 0.3 is 0 Å². The fourth-order valence-electron chi connectivity index (χ4n) is 4.04. The Kier molecular flexibility index (Phi) is 5.52. The summed E-state index contributed by atoms with van der Waals surface area (Å²) in [5.74, 6) is 0.575. The summed E-state index contributed by atoms with van der Waals surface area (Å²) < 4.78 is 0. The van der Waals surface area contributed by atoms with E-state index in [4.69, 9.17) is 0 Å². The molecule has 2 aliphatic heterocycles. The minimum Gasteiger partial charge on any atom is -0.506 e. The third-order valence-electron chi connectivity index (χ3n) is 5.68. The fraction of sp³-hybridized carbons (Fsp3) is 0.429. The van der Waals surface area contributed by atoms with Gasteiger partial charge in [-0.15, -0.1) is 11.3 Å². The Morgan fingerprint density at radius 3 is 2.25 bits per heavy atom. The predicted octanol–water partition coefficient (Wildman–Crippen LogP) is 2.65. The standard InChI is InChI=1S/C21H25N3O3S/c25-18-5-2-1-4-17(18)22-11-13-24(14-12-22)20(26)16-7-9-23(10-8-16)21(27)19-6-3-15-28-19/h1-6,15-16,25H,7-14H2. The number of carbonyl (C=O) groups excluding carboxylic acids is 2. The second-order valence-corrected chi connectivity index (χ2v) is 8.29. The van der Waals surface area contributed by atoms with Crippen LogP contribution in [-0.2, 0) is 4.79 Å². The number of hydrogen-bond acceptors (Lipinski definition) is 5. The van der Waals surface area contributed by atoms with E-state index in [9.17, 15) is 14.7 Å². The lowest BCUT2D eigenvalue weighted by molar-refractivity contribution is -0.137. The van der Waals surface area contributed by atoms with Gasteiger partial charge in [-0.2, -0.15) is 0 Å². The number of hydrogen-bond donors (Lipinski definition) is 1. The van der Waals surface area contributed by atoms with Crippen LogP contribution >= 0.6 is 11.3 Å². The molecule has 0 bridgehead atoms. The average molecular weight is 400 g/mol. The van der Waals surface area contributed by atoms with E-state index >= 15 is 0 Å². The first-order valence-electron chi connectivity index (χ1n) is 9.78. The Balaban J connectivity index is 1.28. The zero-order valence-electron chi connectivity index (χ0n) is 15.8. The Hall–Kier alpha value is -2.54. The maximum Gasteiger partial charge on any atom is 0.263 e. The van der Waals surface area contributed by atoms with Crippen molar-refractivity contribution in [2.45, 2.75) is 12.8 Å². The summed E-state index contributed by atoms with van der Waals surface area (Å²) in [5.41, 5.74) is 0.829. The number of benzene rings is 1. The van der Waals surface area contributed by atoms with Crippen molar-refractivity contribution in [3.63, 3.8) is 0 Å². The Morgan fingerprint density at radius 2 is 1.61 bits per heavy atom. The molecule has 1 N–H and O–H groups in total. The molecule has 0 aliphatic carbocycles. The third kappa shape index (κ3) is 3.85. The number of amides is 2. The molecule has 3 heterocycles. The molecule has 0 unspecified atom stereocenters. The summed E-state index contributed by atoms with van der Waals surface area (Å²) in [6.45, 7) is 4.07. The maximum absolute atomic E-state index is 12.9. The van der Waals surface area contributed by atoms with Crippen LogP contribution in [0.25, 0.3) is 0 Å². The van der Waals surface area contributed by atoms with Gasteiger partial charge in [0.05, 0.1) is 10.6 Å². The first-order chi connectivity index (χ1) is 13.6. The van der Waals surface area contributed by atoms with Gasteiger partial charge in [-0.05, 0) is 36.4 Å². The summed E-state index contributed by atoms with van der Waals surface area (Å²) in [7, 11) is 0. The van der Waals surface area contributed by atoms with Crippen LogP contribution in [0, 0.1) is 5.92 Å². The molecule has 2 saturated heterocycles. The third-order valence-corrected chi connectivity index (χ3v) is 6.53. The number of phenols is 1. The SMILES string of the molecule is O=C(c1cccs1)N1CCC(C(=O)N2CCN(c3ccccc3O)CC2)CC1. The molecule has 1 aromatic heterocycles. The van der Waals surface area contributed by atoms with Crippen LogP contribution in [0.5, 0.6) is 5.75 Å². The summed E-state index contributed by atoms with van der Waals surface area (Å²) in [4.78, 5) is 32.1. The van der Waals surface area contributed by atoms with Crippen molar-refractivity contribution < 1.29 is 14.7 Å². The van der Waals surface area contributed by atoms with E-state index in [1.165, 1.54) is 11.3 Å². The van der Waals surface area contributed by atoms with Crippen molar-refractivity contribution in [1.29, 1.82) is 0 Å². The smallest absolute Gasteiger partial charge is 0.263 e. The van der Waals surface area contributed by atoms with E-state index in [1.807, 2.05) is 45.5 Å². The molecule has 28 heavy (non-hydrogen) atoms. The number of rotatable bonds is 3. The summed E-state index contributed by atoms with van der Waals surface area (Å²) >= 11 is 1.46. The second-order valence-electron chi connectivity index (χ2n) is 7.34. The highest BCUT2D eigenvalue weighted by atomic mass is 32.1. The zero-order valence-corrected chi connectivity index (χ0v) is 16.6. The maximum atomic E-state index is 12.9. The molecule has 0 radical (unpaired) electrons. The molecule has 2 fully saturated rings. The monoisotopic (exact) mass is 399 g/mol. The van der Waals surface area contributed by atoms with Crippen molar-refractivity contribution in [1.82, 2.24) is 9.80 Å². The van der Waals surface area contributed by atoms with Gasteiger partial charge in [-0.1, -0.05) is 18.2 Å². The van der Waals surface area contributed by atoms with Gasteiger partial charge in [0.1, 0.15) is 5.75 Å². The first kappa shape index (κ1) is 18.8. The van der Waals surface area contributed by atoms with Crippen LogP contribution in [0.4, 0.5) is 5.69 Å². The van der Waals surface area contributed by atoms with Crippen LogP contribution < -0.4 is 4.90 Å². The molecule has 6 nitrogen and oxygen atoms in total. The zero-order chi connectivity index (χ0) is 19.5. The normalized spacial score (nSPS) is 18.4. The van der Waals surface area contributed by atoms with E-state index in [-0.39, 0.29) is 23.5 Å². The lowest BCUT2D eigenvalue weighted by Crippen LogP contribution is -2.52. The van der Waals surface area contributed by atoms with Gasteiger partial charge in [-0.25, -0.2) is 0 Å². The molecule has 2 amide bonds. The van der Waals surface area contributed by atoms with E-state index < -0.39 is 0 Å². The van der Waals surface area contributed by atoms with Gasteiger partial charge in [-0.3, -0.25) is 9.59 Å². The lowest BCUT2D eigenvalue weighted by Gasteiger charge is -2.39. The molecule has 7 heteroatoms. The number of piperidine rings is 1. The van der Waals surface area contributed by atoms with Crippen LogP contribution in [0.15, 0.2) is 41.8 Å². The fourth-order valence-corrected chi connectivity index (χ4v) is 4.73. The number of aromatic hydroxyl groups is 1. The van der Waals surface area contributed by atoms with Crippen LogP contribution in [0.3, 0.4) is 0 Å². The number of anilines is 1. The Labute approximate surface area is 169 Å². The summed E-state index contributed by atoms with van der Waals surface area (Å²) in [5, 5.41) is 11.9. The largest absolute Gasteiger partial charge is 0.506 e. The van der Waals surface area contributed by atoms with E-state index in [0.29, 0.717) is 26.2 Å². The summed E-state index contributed by atoms with van der Waals surface area (Å²) in [6.07, 6.45) is 1.46. The molecule has 4 rings (SSSR count). The minimum absolute atomic E-state index is 0.00376. The van der Waals surface area contributed by atoms with Gasteiger partial charge in [0, 0.05) is 45.2 Å². The minimum atomic E-state index is 0.00376. The number of piperazine rings is 1. The van der Waals surface area contributed by atoms with Gasteiger partial charge in [0.2, 0.25) is 5.91 Å². The predicted molar refractivity (Wildman–Crippen MR) is 110 cm³/mol. The number of phenolic OH excluding ortho intramolecular Hbond substituents is 1. The highest BCUT2D eigenvalue weighted by Crippen LogP contribution is 2.28. The molecular weight excluding hydrogens is 374 g/mol. The Bertz CT molecular complexity index is 823. The van der Waals surface area contributed by atoms with E-state index in [1.54, 1.807) is 6.07 Å². The number of nitrogens with zero attached hydrogens (tertiary/aromatic N) is 3. The molecular formula is C21H25N3O3S. The molecule has 2 aliphatic rings. The quantitative estimate of drug-likeness (QED) is 0.862. The van der Waals surface area contributed by atoms with Crippen LogP contribution in [0.1, 0.15) is 22.5 Å². The first-order valence-corrected chi connectivity index (χ1v) is 10.7. The molecule has 1 aromatic carbocycles. The molecule has 2 aromatic rings. The lowest BCUT2D eigenvalue weighted by atomic mass is 9.94. The van der Waals surface area contributed by atoms with Crippen molar-refractivity contribution in [2.24, 2.45) is 5.92 Å². The number of para-hydroxylation sites is 2. The highest BCUT2D eigenvalue weighted by molar-refractivity contribution is 7.12. The summed E-state index contributed by atoms with van der Waals surface area (Å²) in [6, 6.07) is 11.1. The number of thiophene rings is 1. The van der Waals surface area contributed by atoms with E-state index in [2.05, 4.69) is 4.90 Å². The van der Waals surface area contributed by atoms with Crippen molar-refractivity contribution in [3.05, 3.63) is 46.7 Å². The number of likely N-dealkylation sites (tertiary alicyclic amines) is 1. The van der Waals surface area contributed by atoms with Crippen LogP contribution in [-0.4, -0.2) is 66.0 Å². The Morgan fingerprint density at radius 1 is 0.893 bits per heavy atom. The van der Waals surface area contributed by atoms with Gasteiger partial charge < -0.3 is 19.8 Å². The highest BCUT2D eigenvalue weighted by Gasteiger charge is 2.32. The average Bonchev–Trinajstić information content (AvgIpc) is 3.28. The number of carbonyl (C=O) groups is 2. The molecule has 0 saturated carbocycles. The van der Waals surface area contributed by atoms with Crippen molar-refractivity contribution >= 4 is 28.8 Å².